The molecule has 0 radical (unpaired) electrons. The van der Waals surface area contributed by atoms with E-state index < -0.39 is 21.7 Å². The van der Waals surface area contributed by atoms with Crippen molar-refractivity contribution in [2.75, 3.05) is 19.8 Å². The predicted molar refractivity (Wildman–Crippen MR) is 62.1 cm³/mol. The second-order valence-electron chi connectivity index (χ2n) is 3.17. The average molecular weight is 272 g/mol. The van der Waals surface area contributed by atoms with Gasteiger partial charge in [-0.15, -0.1) is 0 Å². The predicted octanol–water partition coefficient (Wildman–Crippen LogP) is 1.14. The highest BCUT2D eigenvalue weighted by Crippen LogP contribution is 2.46. The van der Waals surface area contributed by atoms with Crippen LogP contribution in [0.5, 0.6) is 0 Å². The van der Waals surface area contributed by atoms with Crippen LogP contribution in [0.2, 0.25) is 0 Å². The van der Waals surface area contributed by atoms with Crippen molar-refractivity contribution in [1.29, 1.82) is 0 Å². The molecule has 0 amide bonds. The van der Waals surface area contributed by atoms with Crippen molar-refractivity contribution in [3.63, 3.8) is 0 Å². The molecule has 0 bridgehead atoms. The Morgan fingerprint density at radius 2 is 1.38 bits per heavy atom. The molecule has 16 heavy (non-hydrogen) atoms. The summed E-state index contributed by atoms with van der Waals surface area (Å²) in [6, 6.07) is 0. The van der Waals surface area contributed by atoms with Gasteiger partial charge in [-0.3, -0.25) is 4.57 Å². The second kappa shape index (κ2) is 6.86. The van der Waals surface area contributed by atoms with Crippen molar-refractivity contribution in [2.45, 2.75) is 33.0 Å². The van der Waals surface area contributed by atoms with Gasteiger partial charge in [0.1, 0.15) is 5.28 Å². The summed E-state index contributed by atoms with van der Waals surface area (Å²) < 4.78 is 27.5. The highest BCUT2D eigenvalue weighted by molar-refractivity contribution is 7.55. The monoisotopic (exact) mass is 272 g/mol. The molecule has 0 aromatic heterocycles. The summed E-state index contributed by atoms with van der Waals surface area (Å²) in [5.41, 5.74) is 0. The molecule has 0 spiro atoms. The zero-order valence-corrected chi connectivity index (χ0v) is 12.1. The topological polar surface area (TPSA) is 85.2 Å². The van der Waals surface area contributed by atoms with Crippen LogP contribution in [-0.4, -0.2) is 43.7 Å². The third kappa shape index (κ3) is 4.25. The van der Waals surface area contributed by atoms with Crippen LogP contribution in [0.4, 0.5) is 0 Å². The van der Waals surface area contributed by atoms with Gasteiger partial charge < -0.3 is 23.1 Å². The molecule has 0 aliphatic heterocycles. The highest BCUT2D eigenvalue weighted by atomic mass is 31.2. The zero-order valence-electron chi connectivity index (χ0n) is 10.2. The van der Waals surface area contributed by atoms with Gasteiger partial charge in [-0.25, -0.2) is 0 Å². The van der Waals surface area contributed by atoms with Gasteiger partial charge in [0.05, 0.1) is 0 Å². The Morgan fingerprint density at radius 3 is 1.56 bits per heavy atom. The molecule has 0 aliphatic carbocycles. The molecule has 0 aliphatic rings. The van der Waals surface area contributed by atoms with Gasteiger partial charge in [-0.05, 0) is 27.7 Å². The second-order valence-corrected chi connectivity index (χ2v) is 8.55. The maximum Gasteiger partial charge on any atom is 0.516 e. The first-order valence-electron chi connectivity index (χ1n) is 5.31. The van der Waals surface area contributed by atoms with Gasteiger partial charge in [0, 0.05) is 19.8 Å². The van der Waals surface area contributed by atoms with Crippen molar-refractivity contribution in [2.24, 2.45) is 0 Å². The maximum atomic E-state index is 11.3. The van der Waals surface area contributed by atoms with E-state index in [0.717, 1.165) is 0 Å². The molecule has 0 fully saturated rings. The van der Waals surface area contributed by atoms with Gasteiger partial charge in [-0.1, -0.05) is 0 Å². The lowest BCUT2D eigenvalue weighted by atomic mass is 10.9. The molecular formula is C8H21O6PSi. The Kier molecular flexibility index (Phi) is 6.96. The summed E-state index contributed by atoms with van der Waals surface area (Å²) in [5.74, 6) is 0. The number of hydrogen-bond acceptors (Lipinski definition) is 4. The largest absolute Gasteiger partial charge is 0.516 e. The van der Waals surface area contributed by atoms with Crippen LogP contribution in [0.1, 0.15) is 27.7 Å². The first kappa shape index (κ1) is 16.2. The summed E-state index contributed by atoms with van der Waals surface area (Å²) in [6.45, 7) is 7.54. The Morgan fingerprint density at radius 1 is 1.06 bits per heavy atom. The van der Waals surface area contributed by atoms with Gasteiger partial charge >= 0.3 is 16.4 Å². The van der Waals surface area contributed by atoms with Crippen LogP contribution < -0.4 is 0 Å². The lowest BCUT2D eigenvalue weighted by Crippen LogP contribution is -2.55. The van der Waals surface area contributed by atoms with Gasteiger partial charge in [0.25, 0.3) is 0 Å². The van der Waals surface area contributed by atoms with Crippen molar-refractivity contribution < 1.29 is 27.6 Å². The lowest BCUT2D eigenvalue weighted by Gasteiger charge is -2.33. The first-order chi connectivity index (χ1) is 7.34. The van der Waals surface area contributed by atoms with E-state index in [9.17, 15) is 14.4 Å². The van der Waals surface area contributed by atoms with Crippen LogP contribution in [0, 0.1) is 0 Å². The van der Waals surface area contributed by atoms with Crippen LogP contribution in [0.15, 0.2) is 0 Å². The van der Waals surface area contributed by atoms with Crippen molar-refractivity contribution in [3.8, 4) is 0 Å². The van der Waals surface area contributed by atoms with Crippen LogP contribution >= 0.6 is 7.60 Å². The smallest absolute Gasteiger partial charge is 0.373 e. The third-order valence-corrected chi connectivity index (χ3v) is 8.12. The molecule has 0 aromatic carbocycles. The molecule has 0 saturated carbocycles. The van der Waals surface area contributed by atoms with Gasteiger partial charge in [0.15, 0.2) is 0 Å². The van der Waals surface area contributed by atoms with E-state index in [1.54, 1.807) is 20.8 Å². The zero-order chi connectivity index (χ0) is 12.8. The SMILES string of the molecule is CCO[Si](OCC)(OCC)C(C)P(=O)(O)O. The molecule has 6 nitrogen and oxygen atoms in total. The minimum Gasteiger partial charge on any atom is -0.373 e. The molecule has 1 unspecified atom stereocenters. The maximum absolute atomic E-state index is 11.3. The van der Waals surface area contributed by atoms with E-state index >= 15 is 0 Å². The third-order valence-electron chi connectivity index (χ3n) is 2.05. The van der Waals surface area contributed by atoms with Crippen LogP contribution in [-0.2, 0) is 17.8 Å². The van der Waals surface area contributed by atoms with E-state index in [1.165, 1.54) is 6.92 Å². The normalized spacial score (nSPS) is 15.1. The fourth-order valence-corrected chi connectivity index (χ4v) is 5.80. The summed E-state index contributed by atoms with van der Waals surface area (Å²) in [5, 5.41) is -1.04. The molecule has 2 N–H and O–H groups in total. The molecule has 1 atom stereocenters. The molecular weight excluding hydrogens is 251 g/mol. The fourth-order valence-electron chi connectivity index (χ4n) is 1.30. The molecule has 8 heteroatoms. The first-order valence-corrected chi connectivity index (χ1v) is 8.79. The van der Waals surface area contributed by atoms with E-state index in [1.807, 2.05) is 0 Å². The summed E-state index contributed by atoms with van der Waals surface area (Å²) in [4.78, 5) is 18.4. The van der Waals surface area contributed by atoms with Crippen LogP contribution in [0.25, 0.3) is 0 Å². The minimum absolute atomic E-state index is 0.302. The molecule has 0 rings (SSSR count). The fraction of sp³-hybridized carbons (Fsp3) is 1.00. The van der Waals surface area contributed by atoms with Crippen molar-refractivity contribution in [1.82, 2.24) is 0 Å². The van der Waals surface area contributed by atoms with Crippen molar-refractivity contribution >= 4 is 16.4 Å². The standard InChI is InChI=1S/C8H21O6PSi/c1-5-12-16(13-6-2,14-7-3)8(4)15(9,10)11/h8H,5-7H2,1-4H3,(H2,9,10,11). The quantitative estimate of drug-likeness (QED) is 0.509. The highest BCUT2D eigenvalue weighted by Gasteiger charge is 2.54. The summed E-state index contributed by atoms with van der Waals surface area (Å²) in [7, 11) is -7.58. The van der Waals surface area contributed by atoms with Crippen molar-refractivity contribution in [3.05, 3.63) is 0 Å². The van der Waals surface area contributed by atoms with E-state index in [0.29, 0.717) is 19.8 Å². The molecule has 0 heterocycles. The molecule has 0 saturated heterocycles. The Labute approximate surface area is 97.4 Å². The minimum atomic E-state index is -4.28. The summed E-state index contributed by atoms with van der Waals surface area (Å²) in [6.07, 6.45) is 0. The Balaban J connectivity index is 5.06. The average Bonchev–Trinajstić information content (AvgIpc) is 2.16. The number of hydrogen-bond donors (Lipinski definition) is 2. The van der Waals surface area contributed by atoms with Gasteiger partial charge in [0.2, 0.25) is 0 Å². The van der Waals surface area contributed by atoms with E-state index in [2.05, 4.69) is 0 Å². The molecule has 0 aromatic rings. The Hall–Kier alpha value is 0.247. The van der Waals surface area contributed by atoms with E-state index in [-0.39, 0.29) is 0 Å². The Bertz CT molecular complexity index is 226. The van der Waals surface area contributed by atoms with Crippen LogP contribution in [0.3, 0.4) is 0 Å². The molecule has 98 valence electrons. The van der Waals surface area contributed by atoms with E-state index in [4.69, 9.17) is 13.3 Å². The lowest BCUT2D eigenvalue weighted by molar-refractivity contribution is 0.0680. The summed E-state index contributed by atoms with van der Waals surface area (Å²) >= 11 is 0. The van der Waals surface area contributed by atoms with Gasteiger partial charge in [-0.2, -0.15) is 0 Å². The number of rotatable bonds is 8.